The number of para-hydroxylation sites is 1. The first-order chi connectivity index (χ1) is 12.6. The van der Waals surface area contributed by atoms with Crippen molar-refractivity contribution in [3.8, 4) is 11.5 Å². The molecule has 0 saturated heterocycles. The molecule has 0 bridgehead atoms. The van der Waals surface area contributed by atoms with E-state index in [1.165, 1.54) is 0 Å². The van der Waals surface area contributed by atoms with Gasteiger partial charge < -0.3 is 14.6 Å². The minimum absolute atomic E-state index is 0.0731. The smallest absolute Gasteiger partial charge is 0.303 e. The minimum atomic E-state index is -0.824. The summed E-state index contributed by atoms with van der Waals surface area (Å²) in [5.41, 5.74) is 1.82. The van der Waals surface area contributed by atoms with E-state index < -0.39 is 5.97 Å². The second kappa shape index (κ2) is 9.89. The Morgan fingerprint density at radius 3 is 2.65 bits per heavy atom. The van der Waals surface area contributed by atoms with Gasteiger partial charge >= 0.3 is 5.97 Å². The number of benzene rings is 2. The lowest BCUT2D eigenvalue weighted by Gasteiger charge is -2.12. The van der Waals surface area contributed by atoms with E-state index in [0.29, 0.717) is 30.3 Å². The van der Waals surface area contributed by atoms with E-state index >= 15 is 0 Å². The van der Waals surface area contributed by atoms with Crippen molar-refractivity contribution < 1.29 is 19.4 Å². The first kappa shape index (κ1) is 19.1. The predicted octanol–water partition coefficient (Wildman–Crippen LogP) is 4.92. The monoisotopic (exact) mass is 350 g/mol. The van der Waals surface area contributed by atoms with Crippen LogP contribution in [0.15, 0.2) is 85.7 Å². The maximum absolute atomic E-state index is 10.8. The number of carbonyl (C=O) groups is 1. The third-order valence-electron chi connectivity index (χ3n) is 3.59. The van der Waals surface area contributed by atoms with Gasteiger partial charge in [0.05, 0.1) is 0 Å². The number of carboxylic acid groups (broad SMARTS) is 1. The van der Waals surface area contributed by atoms with E-state index in [4.69, 9.17) is 14.6 Å². The van der Waals surface area contributed by atoms with Gasteiger partial charge in [0.1, 0.15) is 23.9 Å². The van der Waals surface area contributed by atoms with Crippen molar-refractivity contribution in [1.82, 2.24) is 0 Å². The molecule has 134 valence electrons. The van der Waals surface area contributed by atoms with Gasteiger partial charge in [0, 0.05) is 6.42 Å². The fourth-order valence-corrected chi connectivity index (χ4v) is 2.35. The van der Waals surface area contributed by atoms with Crippen LogP contribution in [-0.2, 0) is 17.8 Å². The van der Waals surface area contributed by atoms with Crippen LogP contribution < -0.4 is 9.47 Å². The van der Waals surface area contributed by atoms with Gasteiger partial charge in [-0.1, -0.05) is 49.6 Å². The number of aliphatic carboxylic acids is 1. The van der Waals surface area contributed by atoms with E-state index in [1.807, 2.05) is 48.5 Å². The maximum Gasteiger partial charge on any atom is 0.303 e. The van der Waals surface area contributed by atoms with Gasteiger partial charge in [-0.15, -0.1) is 0 Å². The highest BCUT2D eigenvalue weighted by Gasteiger charge is 2.07. The number of rotatable bonds is 10. The summed E-state index contributed by atoms with van der Waals surface area (Å²) in [7, 11) is 0. The number of hydrogen-bond donors (Lipinski definition) is 1. The van der Waals surface area contributed by atoms with Crippen LogP contribution in [0, 0.1) is 0 Å². The van der Waals surface area contributed by atoms with Crippen molar-refractivity contribution in [2.45, 2.75) is 19.4 Å². The molecule has 0 spiro atoms. The zero-order chi connectivity index (χ0) is 18.8. The Kier molecular flexibility index (Phi) is 7.25. The van der Waals surface area contributed by atoms with Crippen LogP contribution in [0.2, 0.25) is 0 Å². The fourth-order valence-electron chi connectivity index (χ4n) is 2.35. The van der Waals surface area contributed by atoms with Crippen molar-refractivity contribution >= 4 is 5.97 Å². The molecule has 0 unspecified atom stereocenters. The van der Waals surface area contributed by atoms with Crippen LogP contribution in [0.1, 0.15) is 17.5 Å². The first-order valence-electron chi connectivity index (χ1n) is 8.27. The lowest BCUT2D eigenvalue weighted by molar-refractivity contribution is -0.136. The van der Waals surface area contributed by atoms with E-state index in [2.05, 4.69) is 13.2 Å². The molecule has 2 aromatic carbocycles. The van der Waals surface area contributed by atoms with Crippen molar-refractivity contribution in [2.24, 2.45) is 0 Å². The normalized spacial score (nSPS) is 10.8. The topological polar surface area (TPSA) is 55.8 Å². The van der Waals surface area contributed by atoms with Gasteiger partial charge in [0.15, 0.2) is 0 Å². The average Bonchev–Trinajstić information content (AvgIpc) is 2.65. The summed E-state index contributed by atoms with van der Waals surface area (Å²) in [6, 6.07) is 15.0. The summed E-state index contributed by atoms with van der Waals surface area (Å²) in [5, 5.41) is 8.86. The molecule has 4 heteroatoms. The SMILES string of the molecule is C=C/C=C(\C=C)Oc1cccc(COc2ccccc2CCC(=O)O)c1. The lowest BCUT2D eigenvalue weighted by Crippen LogP contribution is -2.02. The van der Waals surface area contributed by atoms with Crippen molar-refractivity contribution in [2.75, 3.05) is 0 Å². The summed E-state index contributed by atoms with van der Waals surface area (Å²) in [4.78, 5) is 10.8. The molecule has 26 heavy (non-hydrogen) atoms. The lowest BCUT2D eigenvalue weighted by atomic mass is 10.1. The fraction of sp³-hybridized carbons (Fsp3) is 0.136. The second-order valence-electron chi connectivity index (χ2n) is 5.55. The standard InChI is InChI=1S/C22H22O4/c1-3-8-19(4-2)26-20-11-7-9-17(15-20)16-25-21-12-6-5-10-18(21)13-14-22(23)24/h3-12,15H,1-2,13-14,16H2,(H,23,24)/b19-8+. The van der Waals surface area contributed by atoms with Crippen LogP contribution in [0.4, 0.5) is 0 Å². The molecule has 0 saturated carbocycles. The highest BCUT2D eigenvalue weighted by atomic mass is 16.5. The van der Waals surface area contributed by atoms with Crippen LogP contribution in [-0.4, -0.2) is 11.1 Å². The molecule has 0 fully saturated rings. The van der Waals surface area contributed by atoms with Crippen LogP contribution >= 0.6 is 0 Å². The Morgan fingerprint density at radius 2 is 1.92 bits per heavy atom. The zero-order valence-electron chi connectivity index (χ0n) is 14.6. The maximum atomic E-state index is 10.8. The number of allylic oxidation sites excluding steroid dienone is 3. The quantitative estimate of drug-likeness (QED) is 0.488. The van der Waals surface area contributed by atoms with Crippen LogP contribution in [0.3, 0.4) is 0 Å². The van der Waals surface area contributed by atoms with Gasteiger partial charge in [0.25, 0.3) is 0 Å². The molecule has 0 aliphatic heterocycles. The Balaban J connectivity index is 2.05. The molecular formula is C22H22O4. The summed E-state index contributed by atoms with van der Waals surface area (Å²) in [6.07, 6.45) is 5.49. The highest BCUT2D eigenvalue weighted by Crippen LogP contribution is 2.22. The first-order valence-corrected chi connectivity index (χ1v) is 8.27. The summed E-state index contributed by atoms with van der Waals surface area (Å²) < 4.78 is 11.6. The van der Waals surface area contributed by atoms with E-state index in [0.717, 1.165) is 11.1 Å². The van der Waals surface area contributed by atoms with Crippen LogP contribution in [0.25, 0.3) is 0 Å². The molecule has 0 aliphatic carbocycles. The number of ether oxygens (including phenoxy) is 2. The van der Waals surface area contributed by atoms with Crippen molar-refractivity contribution in [3.05, 3.63) is 96.8 Å². The van der Waals surface area contributed by atoms with Crippen molar-refractivity contribution in [1.29, 1.82) is 0 Å². The number of hydrogen-bond acceptors (Lipinski definition) is 3. The zero-order valence-corrected chi connectivity index (χ0v) is 14.6. The summed E-state index contributed by atoms with van der Waals surface area (Å²) in [6.45, 7) is 7.71. The Hall–Kier alpha value is -3.27. The Bertz CT molecular complexity index is 805. The largest absolute Gasteiger partial charge is 0.489 e. The molecule has 0 aromatic heterocycles. The summed E-state index contributed by atoms with van der Waals surface area (Å²) >= 11 is 0. The molecule has 2 rings (SSSR count). The van der Waals surface area contributed by atoms with Gasteiger partial charge in [0.2, 0.25) is 0 Å². The summed E-state index contributed by atoms with van der Waals surface area (Å²) in [5.74, 6) is 1.16. The third-order valence-corrected chi connectivity index (χ3v) is 3.59. The van der Waals surface area contributed by atoms with Crippen LogP contribution in [0.5, 0.6) is 11.5 Å². The third kappa shape index (κ3) is 5.98. The highest BCUT2D eigenvalue weighted by molar-refractivity contribution is 5.67. The van der Waals surface area contributed by atoms with E-state index in [9.17, 15) is 4.79 Å². The second-order valence-corrected chi connectivity index (χ2v) is 5.55. The molecule has 0 heterocycles. The van der Waals surface area contributed by atoms with Gasteiger partial charge in [-0.05, 0) is 47.9 Å². The molecule has 4 nitrogen and oxygen atoms in total. The molecule has 0 atom stereocenters. The number of carboxylic acids is 1. The molecule has 0 amide bonds. The molecular weight excluding hydrogens is 328 g/mol. The molecule has 1 N–H and O–H groups in total. The molecule has 0 aliphatic rings. The molecule has 0 radical (unpaired) electrons. The van der Waals surface area contributed by atoms with Gasteiger partial charge in [-0.3, -0.25) is 4.79 Å². The predicted molar refractivity (Wildman–Crippen MR) is 102 cm³/mol. The Morgan fingerprint density at radius 1 is 1.12 bits per heavy atom. The average molecular weight is 350 g/mol. The van der Waals surface area contributed by atoms with E-state index in [1.54, 1.807) is 18.2 Å². The van der Waals surface area contributed by atoms with Gasteiger partial charge in [-0.2, -0.15) is 0 Å². The van der Waals surface area contributed by atoms with Gasteiger partial charge in [-0.25, -0.2) is 0 Å². The minimum Gasteiger partial charge on any atom is -0.489 e. The number of aryl methyl sites for hydroxylation is 1. The Labute approximate surface area is 153 Å². The van der Waals surface area contributed by atoms with Crippen molar-refractivity contribution in [3.63, 3.8) is 0 Å². The molecule has 2 aromatic rings. The van der Waals surface area contributed by atoms with E-state index in [-0.39, 0.29) is 6.42 Å².